The van der Waals surface area contributed by atoms with E-state index in [0.29, 0.717) is 13.2 Å². The molecule has 0 atom stereocenters. The smallest absolute Gasteiger partial charge is 0.244 e. The second-order valence-corrected chi connectivity index (χ2v) is 4.39. The van der Waals surface area contributed by atoms with Crippen LogP contribution in [0.15, 0.2) is 42.6 Å². The number of ether oxygens (including phenoxy) is 1. The van der Waals surface area contributed by atoms with E-state index in [1.807, 2.05) is 30.3 Å². The summed E-state index contributed by atoms with van der Waals surface area (Å²) in [4.78, 5) is 16.0. The SMILES string of the molecule is COCCCNC(=O)/C=C/c1cccc2cccnc12. The quantitative estimate of drug-likeness (QED) is 0.648. The number of nitrogens with one attached hydrogen (secondary N) is 1. The van der Waals surface area contributed by atoms with Gasteiger partial charge in [0.15, 0.2) is 0 Å². The number of methoxy groups -OCH3 is 1. The first kappa shape index (κ1) is 14.2. The van der Waals surface area contributed by atoms with E-state index in [4.69, 9.17) is 4.74 Å². The molecule has 0 radical (unpaired) electrons. The maximum Gasteiger partial charge on any atom is 0.244 e. The molecule has 20 heavy (non-hydrogen) atoms. The number of nitrogens with zero attached hydrogens (tertiary/aromatic N) is 1. The predicted octanol–water partition coefficient (Wildman–Crippen LogP) is 2.40. The Bertz CT molecular complexity index is 603. The van der Waals surface area contributed by atoms with E-state index < -0.39 is 0 Å². The summed E-state index contributed by atoms with van der Waals surface area (Å²) in [6.45, 7) is 1.27. The Labute approximate surface area is 118 Å². The van der Waals surface area contributed by atoms with Crippen molar-refractivity contribution < 1.29 is 9.53 Å². The maximum absolute atomic E-state index is 11.7. The molecule has 0 saturated heterocycles. The summed E-state index contributed by atoms with van der Waals surface area (Å²) in [5.41, 5.74) is 1.84. The molecule has 1 N–H and O–H groups in total. The Kier molecular flexibility index (Phi) is 5.26. The van der Waals surface area contributed by atoms with Crippen LogP contribution in [0.1, 0.15) is 12.0 Å². The van der Waals surface area contributed by atoms with Crippen molar-refractivity contribution in [2.24, 2.45) is 0 Å². The highest BCUT2D eigenvalue weighted by molar-refractivity contribution is 5.95. The third-order valence-corrected chi connectivity index (χ3v) is 2.90. The maximum atomic E-state index is 11.7. The lowest BCUT2D eigenvalue weighted by molar-refractivity contribution is -0.116. The minimum atomic E-state index is -0.103. The van der Waals surface area contributed by atoms with E-state index >= 15 is 0 Å². The van der Waals surface area contributed by atoms with Crippen molar-refractivity contribution >= 4 is 22.9 Å². The monoisotopic (exact) mass is 270 g/mol. The largest absolute Gasteiger partial charge is 0.385 e. The number of hydrogen-bond acceptors (Lipinski definition) is 3. The first-order chi connectivity index (χ1) is 9.81. The molecular formula is C16H18N2O2. The Hall–Kier alpha value is -2.20. The van der Waals surface area contributed by atoms with Gasteiger partial charge in [-0.25, -0.2) is 0 Å². The van der Waals surface area contributed by atoms with Crippen LogP contribution in [0.25, 0.3) is 17.0 Å². The number of rotatable bonds is 6. The topological polar surface area (TPSA) is 51.2 Å². The van der Waals surface area contributed by atoms with Crippen LogP contribution >= 0.6 is 0 Å². The highest BCUT2D eigenvalue weighted by atomic mass is 16.5. The zero-order valence-corrected chi connectivity index (χ0v) is 11.5. The standard InChI is InChI=1S/C16H18N2O2/c1-20-12-4-11-17-15(19)9-8-14-6-2-5-13-7-3-10-18-16(13)14/h2-3,5-10H,4,11-12H2,1H3,(H,17,19)/b9-8+. The van der Waals surface area contributed by atoms with Crippen LogP contribution in [0.2, 0.25) is 0 Å². The minimum Gasteiger partial charge on any atom is -0.385 e. The van der Waals surface area contributed by atoms with Gasteiger partial charge in [-0.05, 0) is 18.6 Å². The lowest BCUT2D eigenvalue weighted by Gasteiger charge is -2.02. The first-order valence-corrected chi connectivity index (χ1v) is 6.60. The number of para-hydroxylation sites is 1. The molecule has 0 bridgehead atoms. The molecule has 1 heterocycles. The van der Waals surface area contributed by atoms with Crippen molar-refractivity contribution in [3.8, 4) is 0 Å². The molecule has 0 aliphatic rings. The molecule has 0 fully saturated rings. The summed E-state index contributed by atoms with van der Waals surface area (Å²) >= 11 is 0. The van der Waals surface area contributed by atoms with Gasteiger partial charge in [-0.3, -0.25) is 9.78 Å². The van der Waals surface area contributed by atoms with E-state index in [9.17, 15) is 4.79 Å². The number of carbonyl (C=O) groups excluding carboxylic acids is 1. The number of amides is 1. The zero-order valence-electron chi connectivity index (χ0n) is 11.5. The Balaban J connectivity index is 2.01. The van der Waals surface area contributed by atoms with Crippen LogP contribution in [-0.4, -0.2) is 31.2 Å². The average molecular weight is 270 g/mol. The summed E-state index contributed by atoms with van der Waals surface area (Å²) < 4.78 is 4.92. The molecule has 1 amide bonds. The van der Waals surface area contributed by atoms with Crippen molar-refractivity contribution in [3.63, 3.8) is 0 Å². The first-order valence-electron chi connectivity index (χ1n) is 6.60. The van der Waals surface area contributed by atoms with E-state index in [1.54, 1.807) is 19.4 Å². The summed E-state index contributed by atoms with van der Waals surface area (Å²) in [5, 5.41) is 3.87. The van der Waals surface area contributed by atoms with E-state index in [1.165, 1.54) is 6.08 Å². The van der Waals surface area contributed by atoms with Gasteiger partial charge in [-0.15, -0.1) is 0 Å². The van der Waals surface area contributed by atoms with Gasteiger partial charge in [-0.2, -0.15) is 0 Å². The van der Waals surface area contributed by atoms with Gasteiger partial charge >= 0.3 is 0 Å². The highest BCUT2D eigenvalue weighted by Crippen LogP contribution is 2.16. The summed E-state index contributed by atoms with van der Waals surface area (Å²) in [7, 11) is 1.65. The molecule has 0 aliphatic carbocycles. The van der Waals surface area contributed by atoms with Crippen LogP contribution in [0, 0.1) is 0 Å². The van der Waals surface area contributed by atoms with Gasteiger partial charge in [0, 0.05) is 43.5 Å². The van der Waals surface area contributed by atoms with Gasteiger partial charge in [0.25, 0.3) is 0 Å². The van der Waals surface area contributed by atoms with Crippen molar-refractivity contribution in [2.45, 2.75) is 6.42 Å². The third-order valence-electron chi connectivity index (χ3n) is 2.90. The second-order valence-electron chi connectivity index (χ2n) is 4.39. The molecule has 2 rings (SSSR count). The van der Waals surface area contributed by atoms with E-state index in [-0.39, 0.29) is 5.91 Å². The zero-order chi connectivity index (χ0) is 14.2. The fourth-order valence-electron chi connectivity index (χ4n) is 1.91. The average Bonchev–Trinajstić information content (AvgIpc) is 2.49. The molecular weight excluding hydrogens is 252 g/mol. The molecule has 0 unspecified atom stereocenters. The van der Waals surface area contributed by atoms with Gasteiger partial charge in [-0.1, -0.05) is 24.3 Å². The number of carbonyl (C=O) groups is 1. The Morgan fingerprint density at radius 3 is 3.05 bits per heavy atom. The minimum absolute atomic E-state index is 0.103. The van der Waals surface area contributed by atoms with Crippen LogP contribution in [0.5, 0.6) is 0 Å². The summed E-state index contributed by atoms with van der Waals surface area (Å²) in [5.74, 6) is -0.103. The molecule has 0 aliphatic heterocycles. The fraction of sp³-hybridized carbons (Fsp3) is 0.250. The van der Waals surface area contributed by atoms with Crippen LogP contribution in [-0.2, 0) is 9.53 Å². The number of pyridine rings is 1. The van der Waals surface area contributed by atoms with Crippen molar-refractivity contribution in [1.29, 1.82) is 0 Å². The van der Waals surface area contributed by atoms with Gasteiger partial charge in [0.2, 0.25) is 5.91 Å². The number of hydrogen-bond donors (Lipinski definition) is 1. The molecule has 104 valence electrons. The van der Waals surface area contributed by atoms with Crippen molar-refractivity contribution in [1.82, 2.24) is 10.3 Å². The summed E-state index contributed by atoms with van der Waals surface area (Å²) in [6, 6.07) is 9.82. The molecule has 0 spiro atoms. The predicted molar refractivity (Wildman–Crippen MR) is 80.3 cm³/mol. The molecule has 4 heteroatoms. The van der Waals surface area contributed by atoms with E-state index in [0.717, 1.165) is 22.9 Å². The molecule has 4 nitrogen and oxygen atoms in total. The fourth-order valence-corrected chi connectivity index (χ4v) is 1.91. The van der Waals surface area contributed by atoms with Crippen LogP contribution < -0.4 is 5.32 Å². The van der Waals surface area contributed by atoms with Crippen molar-refractivity contribution in [2.75, 3.05) is 20.3 Å². The Morgan fingerprint density at radius 1 is 1.35 bits per heavy atom. The number of benzene rings is 1. The number of aromatic nitrogens is 1. The summed E-state index contributed by atoms with van der Waals surface area (Å²) in [6.07, 6.45) is 5.90. The van der Waals surface area contributed by atoms with Gasteiger partial charge in [0.05, 0.1) is 5.52 Å². The van der Waals surface area contributed by atoms with Gasteiger partial charge < -0.3 is 10.1 Å². The molecule has 2 aromatic rings. The van der Waals surface area contributed by atoms with Gasteiger partial charge in [0.1, 0.15) is 0 Å². The molecule has 0 saturated carbocycles. The lowest BCUT2D eigenvalue weighted by atomic mass is 10.1. The Morgan fingerprint density at radius 2 is 2.20 bits per heavy atom. The van der Waals surface area contributed by atoms with E-state index in [2.05, 4.69) is 10.3 Å². The van der Waals surface area contributed by atoms with Crippen molar-refractivity contribution in [3.05, 3.63) is 48.2 Å². The lowest BCUT2D eigenvalue weighted by Crippen LogP contribution is -2.22. The molecule has 1 aromatic heterocycles. The normalized spacial score (nSPS) is 11.1. The molecule has 1 aromatic carbocycles. The second kappa shape index (κ2) is 7.40. The number of fused-ring (bicyclic) bond motifs is 1. The van der Waals surface area contributed by atoms with Crippen LogP contribution in [0.3, 0.4) is 0 Å². The highest BCUT2D eigenvalue weighted by Gasteiger charge is 1.99. The van der Waals surface area contributed by atoms with Crippen LogP contribution in [0.4, 0.5) is 0 Å². The third kappa shape index (κ3) is 3.90.